The minimum Gasteiger partial charge on any atom is -0.373 e. The van der Waals surface area contributed by atoms with E-state index in [1.54, 1.807) is 14.2 Å². The maximum Gasteiger partial charge on any atom is 0.156 e. The highest BCUT2D eigenvalue weighted by Crippen LogP contribution is 2.24. The SMILES string of the molecule is C=CCCOC(CCC(OC)OC)c1ccccc1. The van der Waals surface area contributed by atoms with Gasteiger partial charge in [-0.15, -0.1) is 6.58 Å². The second kappa shape index (κ2) is 9.73. The van der Waals surface area contributed by atoms with Gasteiger partial charge >= 0.3 is 0 Å². The molecular formula is C16H24O3. The van der Waals surface area contributed by atoms with Crippen molar-refractivity contribution in [3.8, 4) is 0 Å². The van der Waals surface area contributed by atoms with Gasteiger partial charge in [-0.1, -0.05) is 36.4 Å². The van der Waals surface area contributed by atoms with E-state index in [2.05, 4.69) is 18.7 Å². The van der Waals surface area contributed by atoms with Gasteiger partial charge in [0.25, 0.3) is 0 Å². The minimum absolute atomic E-state index is 0.0777. The van der Waals surface area contributed by atoms with Gasteiger partial charge in [-0.25, -0.2) is 0 Å². The zero-order valence-corrected chi connectivity index (χ0v) is 11.9. The van der Waals surface area contributed by atoms with Crippen molar-refractivity contribution in [2.75, 3.05) is 20.8 Å². The lowest BCUT2D eigenvalue weighted by Crippen LogP contribution is -2.15. The van der Waals surface area contributed by atoms with Crippen molar-refractivity contribution in [1.29, 1.82) is 0 Å². The van der Waals surface area contributed by atoms with Gasteiger partial charge in [0.1, 0.15) is 0 Å². The average molecular weight is 264 g/mol. The fourth-order valence-electron chi connectivity index (χ4n) is 1.93. The average Bonchev–Trinajstić information content (AvgIpc) is 2.47. The van der Waals surface area contributed by atoms with Crippen LogP contribution in [0, 0.1) is 0 Å². The summed E-state index contributed by atoms with van der Waals surface area (Å²) in [6.45, 7) is 4.40. The molecule has 19 heavy (non-hydrogen) atoms. The first kappa shape index (κ1) is 15.9. The summed E-state index contributed by atoms with van der Waals surface area (Å²) in [6.07, 6.45) is 4.31. The maximum atomic E-state index is 5.93. The summed E-state index contributed by atoms with van der Waals surface area (Å²) < 4.78 is 16.4. The van der Waals surface area contributed by atoms with E-state index < -0.39 is 0 Å². The van der Waals surface area contributed by atoms with Gasteiger partial charge in [-0.2, -0.15) is 0 Å². The quantitative estimate of drug-likeness (QED) is 0.366. The smallest absolute Gasteiger partial charge is 0.156 e. The predicted octanol–water partition coefficient (Wildman–Crippen LogP) is 3.72. The van der Waals surface area contributed by atoms with Crippen LogP contribution in [0.15, 0.2) is 43.0 Å². The van der Waals surface area contributed by atoms with Crippen LogP contribution >= 0.6 is 0 Å². The maximum absolute atomic E-state index is 5.93. The molecule has 106 valence electrons. The third-order valence-corrected chi connectivity index (χ3v) is 3.00. The Morgan fingerprint density at radius 1 is 1.11 bits per heavy atom. The molecule has 0 aromatic heterocycles. The fourth-order valence-corrected chi connectivity index (χ4v) is 1.93. The molecule has 0 fully saturated rings. The summed E-state index contributed by atoms with van der Waals surface area (Å²) in [6, 6.07) is 10.3. The molecule has 0 aliphatic carbocycles. The predicted molar refractivity (Wildman–Crippen MR) is 77.0 cm³/mol. The van der Waals surface area contributed by atoms with Crippen LogP contribution in [-0.4, -0.2) is 27.1 Å². The first-order valence-corrected chi connectivity index (χ1v) is 6.64. The van der Waals surface area contributed by atoms with Crippen molar-refractivity contribution in [3.05, 3.63) is 48.6 Å². The Bertz CT molecular complexity index is 333. The van der Waals surface area contributed by atoms with Gasteiger partial charge in [0, 0.05) is 20.6 Å². The third kappa shape index (κ3) is 6.01. The summed E-state index contributed by atoms with van der Waals surface area (Å²) in [5, 5.41) is 0. The number of rotatable bonds is 10. The lowest BCUT2D eigenvalue weighted by Gasteiger charge is -2.20. The number of benzene rings is 1. The van der Waals surface area contributed by atoms with E-state index >= 15 is 0 Å². The van der Waals surface area contributed by atoms with Gasteiger partial charge in [0.2, 0.25) is 0 Å². The van der Waals surface area contributed by atoms with Gasteiger partial charge in [-0.05, 0) is 18.4 Å². The molecule has 0 aliphatic heterocycles. The summed E-state index contributed by atoms with van der Waals surface area (Å²) in [7, 11) is 3.31. The van der Waals surface area contributed by atoms with E-state index in [0.29, 0.717) is 6.61 Å². The van der Waals surface area contributed by atoms with Crippen LogP contribution in [0.1, 0.15) is 30.9 Å². The molecule has 1 atom stereocenters. The zero-order chi connectivity index (χ0) is 13.9. The number of hydrogen-bond donors (Lipinski definition) is 0. The molecule has 1 aromatic rings. The molecule has 0 heterocycles. The van der Waals surface area contributed by atoms with Crippen LogP contribution in [0.4, 0.5) is 0 Å². The van der Waals surface area contributed by atoms with E-state index in [1.807, 2.05) is 24.3 Å². The minimum atomic E-state index is -0.172. The van der Waals surface area contributed by atoms with Crippen molar-refractivity contribution in [3.63, 3.8) is 0 Å². The van der Waals surface area contributed by atoms with Gasteiger partial charge in [0.05, 0.1) is 12.7 Å². The van der Waals surface area contributed by atoms with Crippen LogP contribution < -0.4 is 0 Å². The molecule has 1 rings (SSSR count). The van der Waals surface area contributed by atoms with Crippen molar-refractivity contribution >= 4 is 0 Å². The van der Waals surface area contributed by atoms with Crippen molar-refractivity contribution in [2.24, 2.45) is 0 Å². The van der Waals surface area contributed by atoms with Crippen molar-refractivity contribution < 1.29 is 14.2 Å². The monoisotopic (exact) mass is 264 g/mol. The Morgan fingerprint density at radius 2 is 1.79 bits per heavy atom. The van der Waals surface area contributed by atoms with Crippen molar-refractivity contribution in [1.82, 2.24) is 0 Å². The van der Waals surface area contributed by atoms with E-state index in [4.69, 9.17) is 14.2 Å². The highest BCUT2D eigenvalue weighted by Gasteiger charge is 2.15. The molecular weight excluding hydrogens is 240 g/mol. The molecule has 1 aromatic carbocycles. The Hall–Kier alpha value is -1.16. The Balaban J connectivity index is 2.56. The summed E-state index contributed by atoms with van der Waals surface area (Å²) in [5.74, 6) is 0. The molecule has 0 saturated carbocycles. The molecule has 0 bridgehead atoms. The van der Waals surface area contributed by atoms with E-state index in [9.17, 15) is 0 Å². The topological polar surface area (TPSA) is 27.7 Å². The lowest BCUT2D eigenvalue weighted by atomic mass is 10.0. The molecule has 0 amide bonds. The molecule has 0 radical (unpaired) electrons. The van der Waals surface area contributed by atoms with Crippen LogP contribution in [0.5, 0.6) is 0 Å². The zero-order valence-electron chi connectivity index (χ0n) is 11.9. The molecule has 0 spiro atoms. The Morgan fingerprint density at radius 3 is 2.37 bits per heavy atom. The third-order valence-electron chi connectivity index (χ3n) is 3.00. The molecule has 0 aliphatic rings. The molecule has 3 heteroatoms. The number of methoxy groups -OCH3 is 2. The largest absolute Gasteiger partial charge is 0.373 e. The molecule has 0 saturated heterocycles. The molecule has 0 N–H and O–H groups in total. The fraction of sp³-hybridized carbons (Fsp3) is 0.500. The van der Waals surface area contributed by atoms with Crippen LogP contribution in [-0.2, 0) is 14.2 Å². The van der Waals surface area contributed by atoms with Crippen molar-refractivity contribution in [2.45, 2.75) is 31.7 Å². The van der Waals surface area contributed by atoms with Crippen LogP contribution in [0.2, 0.25) is 0 Å². The number of hydrogen-bond acceptors (Lipinski definition) is 3. The Labute approximate surface area is 116 Å². The highest BCUT2D eigenvalue weighted by atomic mass is 16.7. The Kier molecular flexibility index (Phi) is 8.14. The van der Waals surface area contributed by atoms with E-state index in [0.717, 1.165) is 19.3 Å². The van der Waals surface area contributed by atoms with Crippen LogP contribution in [0.3, 0.4) is 0 Å². The normalized spacial score (nSPS) is 12.6. The highest BCUT2D eigenvalue weighted by molar-refractivity contribution is 5.17. The molecule has 1 unspecified atom stereocenters. The van der Waals surface area contributed by atoms with Gasteiger partial charge in [0.15, 0.2) is 6.29 Å². The summed E-state index contributed by atoms with van der Waals surface area (Å²) in [5.41, 5.74) is 1.19. The van der Waals surface area contributed by atoms with E-state index in [1.165, 1.54) is 5.56 Å². The molecule has 3 nitrogen and oxygen atoms in total. The first-order valence-electron chi connectivity index (χ1n) is 6.64. The van der Waals surface area contributed by atoms with Gasteiger partial charge in [-0.3, -0.25) is 0 Å². The summed E-state index contributed by atoms with van der Waals surface area (Å²) in [4.78, 5) is 0. The summed E-state index contributed by atoms with van der Waals surface area (Å²) >= 11 is 0. The first-order chi connectivity index (χ1) is 9.31. The van der Waals surface area contributed by atoms with Crippen LogP contribution in [0.25, 0.3) is 0 Å². The lowest BCUT2D eigenvalue weighted by molar-refractivity contribution is -0.113. The number of ether oxygens (including phenoxy) is 3. The second-order valence-corrected chi connectivity index (χ2v) is 4.33. The second-order valence-electron chi connectivity index (χ2n) is 4.33. The standard InChI is InChI=1S/C16H24O3/c1-4-5-13-19-15(11-12-16(17-2)18-3)14-9-7-6-8-10-14/h4,6-10,15-16H,1,5,11-13H2,2-3H3. The van der Waals surface area contributed by atoms with Gasteiger partial charge < -0.3 is 14.2 Å². The van der Waals surface area contributed by atoms with E-state index in [-0.39, 0.29) is 12.4 Å².